The van der Waals surface area contributed by atoms with Gasteiger partial charge < -0.3 is 10.6 Å². The average molecular weight is 485 g/mol. The lowest BCUT2D eigenvalue weighted by molar-refractivity contribution is -0.113. The van der Waals surface area contributed by atoms with E-state index in [9.17, 15) is 4.79 Å². The lowest BCUT2D eigenvalue weighted by atomic mass is 10.3. The number of thioether (sulfide) groups is 1. The zero-order chi connectivity index (χ0) is 21.5. The predicted molar refractivity (Wildman–Crippen MR) is 131 cm³/mol. The summed E-state index contributed by atoms with van der Waals surface area (Å²) in [6.45, 7) is 0. The Bertz CT molecular complexity index is 1150. The maximum atomic E-state index is 12.5. The van der Waals surface area contributed by atoms with Gasteiger partial charge >= 0.3 is 0 Å². The molecule has 0 fully saturated rings. The quantitative estimate of drug-likeness (QED) is 0.267. The number of carbonyl (C=O) groups excluding carboxylic acids is 1. The molecule has 0 aliphatic heterocycles. The Morgan fingerprint density at radius 2 is 1.68 bits per heavy atom. The third-order valence-electron chi connectivity index (χ3n) is 3.96. The van der Waals surface area contributed by atoms with Gasteiger partial charge in [0.25, 0.3) is 0 Å². The van der Waals surface area contributed by atoms with Crippen LogP contribution in [0.4, 0.5) is 16.5 Å². The molecular weight excluding hydrogens is 468 g/mol. The van der Waals surface area contributed by atoms with Crippen molar-refractivity contribution in [3.63, 3.8) is 0 Å². The minimum absolute atomic E-state index is 0.0954. The average Bonchev–Trinajstić information content (AvgIpc) is 3.23. The standard InChI is InChI=1S/C22H17ClN4OS3/c23-15-10-12-17(13-11-15)30-19-9-5-4-8-18(19)25-20(28)14-29-22-27-26-21(31-22)24-16-6-2-1-3-7-16/h1-13H,14H2,(H,24,26)(H,25,28). The fraction of sp³-hybridized carbons (Fsp3) is 0.0455. The topological polar surface area (TPSA) is 66.9 Å². The summed E-state index contributed by atoms with van der Waals surface area (Å²) in [6, 6.07) is 25.1. The summed E-state index contributed by atoms with van der Waals surface area (Å²) in [4.78, 5) is 14.5. The Labute approximate surface area is 197 Å². The number of amides is 1. The summed E-state index contributed by atoms with van der Waals surface area (Å²) in [7, 11) is 0. The number of nitrogens with one attached hydrogen (secondary N) is 2. The molecule has 5 nitrogen and oxygen atoms in total. The second-order valence-electron chi connectivity index (χ2n) is 6.25. The number of halogens is 1. The van der Waals surface area contributed by atoms with Crippen molar-refractivity contribution >= 4 is 68.9 Å². The number of benzene rings is 3. The third-order valence-corrected chi connectivity index (χ3v) is 7.27. The molecule has 4 rings (SSSR count). The number of nitrogens with zero attached hydrogens (tertiary/aromatic N) is 2. The van der Waals surface area contributed by atoms with Gasteiger partial charge in [-0.05, 0) is 48.5 Å². The maximum Gasteiger partial charge on any atom is 0.234 e. The zero-order valence-electron chi connectivity index (χ0n) is 16.1. The van der Waals surface area contributed by atoms with Crippen LogP contribution in [0.25, 0.3) is 0 Å². The van der Waals surface area contributed by atoms with Crippen LogP contribution in [0.2, 0.25) is 5.02 Å². The molecule has 0 bridgehead atoms. The van der Waals surface area contributed by atoms with Crippen molar-refractivity contribution in [3.05, 3.63) is 83.9 Å². The van der Waals surface area contributed by atoms with Gasteiger partial charge in [-0.1, -0.05) is 76.8 Å². The van der Waals surface area contributed by atoms with Crippen molar-refractivity contribution in [1.82, 2.24) is 10.2 Å². The predicted octanol–water partition coefficient (Wildman–Crippen LogP) is 6.82. The Hall–Kier alpha value is -2.52. The molecule has 31 heavy (non-hydrogen) atoms. The lowest BCUT2D eigenvalue weighted by Gasteiger charge is -2.10. The van der Waals surface area contributed by atoms with E-state index < -0.39 is 0 Å². The van der Waals surface area contributed by atoms with Crippen molar-refractivity contribution in [2.24, 2.45) is 0 Å². The molecule has 0 saturated heterocycles. The molecule has 9 heteroatoms. The molecule has 3 aromatic carbocycles. The summed E-state index contributed by atoms with van der Waals surface area (Å²) in [5.74, 6) is 0.154. The van der Waals surface area contributed by atoms with Crippen molar-refractivity contribution < 1.29 is 4.79 Å². The van der Waals surface area contributed by atoms with Crippen LogP contribution in [0.1, 0.15) is 0 Å². The molecule has 1 heterocycles. The molecule has 1 aromatic heterocycles. The highest BCUT2D eigenvalue weighted by atomic mass is 35.5. The van der Waals surface area contributed by atoms with Gasteiger partial charge in [-0.2, -0.15) is 0 Å². The van der Waals surface area contributed by atoms with E-state index in [2.05, 4.69) is 20.8 Å². The van der Waals surface area contributed by atoms with Crippen molar-refractivity contribution in [2.75, 3.05) is 16.4 Å². The Kier molecular flexibility index (Phi) is 7.48. The first-order valence-corrected chi connectivity index (χ1v) is 12.3. The highest BCUT2D eigenvalue weighted by molar-refractivity contribution is 8.01. The molecule has 0 aliphatic carbocycles. The number of carbonyl (C=O) groups is 1. The number of hydrogen-bond donors (Lipinski definition) is 2. The van der Waals surface area contributed by atoms with Crippen LogP contribution in [0, 0.1) is 0 Å². The Morgan fingerprint density at radius 1 is 0.935 bits per heavy atom. The monoisotopic (exact) mass is 484 g/mol. The van der Waals surface area contributed by atoms with E-state index in [1.165, 1.54) is 23.1 Å². The van der Waals surface area contributed by atoms with Crippen LogP contribution in [0.15, 0.2) is 93.0 Å². The number of hydrogen-bond acceptors (Lipinski definition) is 7. The molecule has 0 saturated carbocycles. The van der Waals surface area contributed by atoms with E-state index >= 15 is 0 Å². The highest BCUT2D eigenvalue weighted by Gasteiger charge is 2.11. The van der Waals surface area contributed by atoms with Crippen LogP contribution in [0.5, 0.6) is 0 Å². The summed E-state index contributed by atoms with van der Waals surface area (Å²) < 4.78 is 0.734. The minimum Gasteiger partial charge on any atom is -0.330 e. The van der Waals surface area contributed by atoms with Crippen LogP contribution in [-0.4, -0.2) is 21.9 Å². The molecule has 156 valence electrons. The highest BCUT2D eigenvalue weighted by Crippen LogP contribution is 2.34. The SMILES string of the molecule is O=C(CSc1nnc(Nc2ccccc2)s1)Nc1ccccc1Sc1ccc(Cl)cc1. The van der Waals surface area contributed by atoms with Crippen LogP contribution in [0.3, 0.4) is 0 Å². The van der Waals surface area contributed by atoms with Gasteiger partial charge in [0.2, 0.25) is 11.0 Å². The first kappa shape index (κ1) is 21.7. The second-order valence-corrected chi connectivity index (χ2v) is 10.0. The first-order chi connectivity index (χ1) is 15.2. The van der Waals surface area contributed by atoms with Gasteiger partial charge in [0.15, 0.2) is 4.34 Å². The van der Waals surface area contributed by atoms with Gasteiger partial charge in [-0.15, -0.1) is 10.2 Å². The molecule has 2 N–H and O–H groups in total. The first-order valence-electron chi connectivity index (χ1n) is 9.26. The molecule has 1 amide bonds. The molecule has 0 unspecified atom stereocenters. The van der Waals surface area contributed by atoms with Crippen LogP contribution in [-0.2, 0) is 4.79 Å². The van der Waals surface area contributed by atoms with Gasteiger partial charge in [0, 0.05) is 20.5 Å². The smallest absolute Gasteiger partial charge is 0.234 e. The minimum atomic E-state index is -0.0954. The van der Waals surface area contributed by atoms with Gasteiger partial charge in [-0.3, -0.25) is 4.79 Å². The number of para-hydroxylation sites is 2. The van der Waals surface area contributed by atoms with Crippen LogP contribution < -0.4 is 10.6 Å². The summed E-state index contributed by atoms with van der Waals surface area (Å²) in [5, 5.41) is 15.9. The Morgan fingerprint density at radius 3 is 2.48 bits per heavy atom. The fourth-order valence-corrected chi connectivity index (χ4v) is 5.17. The second kappa shape index (κ2) is 10.7. The normalized spacial score (nSPS) is 10.6. The van der Waals surface area contributed by atoms with E-state index in [-0.39, 0.29) is 11.7 Å². The molecule has 4 aromatic rings. The van der Waals surface area contributed by atoms with E-state index in [4.69, 9.17) is 11.6 Å². The third kappa shape index (κ3) is 6.48. The van der Waals surface area contributed by atoms with Gasteiger partial charge in [0.1, 0.15) is 0 Å². The maximum absolute atomic E-state index is 12.5. The lowest BCUT2D eigenvalue weighted by Crippen LogP contribution is -2.14. The molecular formula is C22H17ClN4OS3. The molecule has 0 atom stereocenters. The number of rotatable bonds is 8. The van der Waals surface area contributed by atoms with Crippen LogP contribution >= 0.6 is 46.5 Å². The largest absolute Gasteiger partial charge is 0.330 e. The number of anilines is 3. The van der Waals surface area contributed by atoms with E-state index in [0.717, 1.165) is 25.5 Å². The Balaban J connectivity index is 1.33. The van der Waals surface area contributed by atoms with E-state index in [1.807, 2.05) is 78.9 Å². The van der Waals surface area contributed by atoms with Gasteiger partial charge in [-0.25, -0.2) is 0 Å². The summed E-state index contributed by atoms with van der Waals surface area (Å²) in [6.07, 6.45) is 0. The zero-order valence-corrected chi connectivity index (χ0v) is 19.3. The van der Waals surface area contributed by atoms with E-state index in [0.29, 0.717) is 10.2 Å². The van der Waals surface area contributed by atoms with Crippen molar-refractivity contribution in [2.45, 2.75) is 14.1 Å². The van der Waals surface area contributed by atoms with Crippen molar-refractivity contribution in [1.29, 1.82) is 0 Å². The molecule has 0 radical (unpaired) electrons. The summed E-state index contributed by atoms with van der Waals surface area (Å²) >= 11 is 10.3. The molecule has 0 spiro atoms. The molecule has 0 aliphatic rings. The fourth-order valence-electron chi connectivity index (χ4n) is 2.57. The summed E-state index contributed by atoms with van der Waals surface area (Å²) in [5.41, 5.74) is 1.72. The van der Waals surface area contributed by atoms with Crippen molar-refractivity contribution in [3.8, 4) is 0 Å². The number of aromatic nitrogens is 2. The van der Waals surface area contributed by atoms with E-state index in [1.54, 1.807) is 11.8 Å². The van der Waals surface area contributed by atoms with Gasteiger partial charge in [0.05, 0.1) is 11.4 Å².